The lowest BCUT2D eigenvalue weighted by Crippen LogP contribution is -2.15. The van der Waals surface area contributed by atoms with Crippen molar-refractivity contribution in [1.29, 1.82) is 0 Å². The molecule has 0 radical (unpaired) electrons. The van der Waals surface area contributed by atoms with Crippen LogP contribution in [-0.2, 0) is 0 Å². The minimum atomic E-state index is -0.885. The molecule has 0 spiro atoms. The Hall–Kier alpha value is -1.53. The highest BCUT2D eigenvalue weighted by atomic mass is 19.1. The molecule has 2 aromatic rings. The molecule has 0 fully saturated rings. The molecule has 3 N–H and O–H groups in total. The third kappa shape index (κ3) is 1.66. The van der Waals surface area contributed by atoms with Gasteiger partial charge in [-0.1, -0.05) is 5.16 Å². The second kappa shape index (κ2) is 4.15. The Balaban J connectivity index is 2.59. The van der Waals surface area contributed by atoms with E-state index in [4.69, 9.17) is 10.8 Å². The van der Waals surface area contributed by atoms with Gasteiger partial charge in [-0.05, 0) is 6.42 Å². The first-order chi connectivity index (χ1) is 7.65. The van der Waals surface area contributed by atoms with E-state index in [2.05, 4.69) is 9.68 Å². The van der Waals surface area contributed by atoms with Gasteiger partial charge in [0.2, 0.25) is 0 Å². The predicted octanol–water partition coefficient (Wildman–Crippen LogP) is 1.49. The molecule has 4 nitrogen and oxygen atoms in total. The van der Waals surface area contributed by atoms with Gasteiger partial charge in [0.1, 0.15) is 11.6 Å². The first-order valence-corrected chi connectivity index (χ1v) is 4.74. The second-order valence-electron chi connectivity index (χ2n) is 3.44. The average molecular weight is 228 g/mol. The Labute approximate surface area is 89.6 Å². The lowest BCUT2D eigenvalue weighted by molar-refractivity contribution is 0.274. The summed E-state index contributed by atoms with van der Waals surface area (Å²) in [6.07, 6.45) is 1.25. The smallest absolute Gasteiger partial charge is 0.172 e. The lowest BCUT2D eigenvalue weighted by Gasteiger charge is -2.12. The molecule has 1 heterocycles. The summed E-state index contributed by atoms with van der Waals surface area (Å²) in [4.78, 5) is 0. The summed E-state index contributed by atoms with van der Waals surface area (Å²) in [5.74, 6) is -1.57. The molecule has 0 bridgehead atoms. The lowest BCUT2D eigenvalue weighted by atomic mass is 10.0. The number of hydrogen-bond donors (Lipinski definition) is 2. The maximum Gasteiger partial charge on any atom is 0.172 e. The van der Waals surface area contributed by atoms with Gasteiger partial charge in [0, 0.05) is 24.3 Å². The topological polar surface area (TPSA) is 72.3 Å². The molecule has 1 unspecified atom stereocenters. The monoisotopic (exact) mass is 228 g/mol. The Morgan fingerprint density at radius 3 is 2.94 bits per heavy atom. The van der Waals surface area contributed by atoms with Crippen molar-refractivity contribution in [2.75, 3.05) is 6.61 Å². The quantitative estimate of drug-likeness (QED) is 0.834. The summed E-state index contributed by atoms with van der Waals surface area (Å²) in [6, 6.07) is 0.155. The van der Waals surface area contributed by atoms with E-state index in [0.29, 0.717) is 0 Å². The van der Waals surface area contributed by atoms with E-state index >= 15 is 0 Å². The highest BCUT2D eigenvalue weighted by Gasteiger charge is 2.21. The van der Waals surface area contributed by atoms with Crippen molar-refractivity contribution in [3.63, 3.8) is 0 Å². The van der Waals surface area contributed by atoms with Gasteiger partial charge in [0.15, 0.2) is 5.58 Å². The summed E-state index contributed by atoms with van der Waals surface area (Å²) in [6.45, 7) is -0.234. The minimum Gasteiger partial charge on any atom is -0.396 e. The van der Waals surface area contributed by atoms with Crippen molar-refractivity contribution in [3.05, 3.63) is 29.5 Å². The van der Waals surface area contributed by atoms with Crippen molar-refractivity contribution in [2.45, 2.75) is 12.5 Å². The molecular formula is C10H10F2N2O2. The molecule has 0 amide bonds. The number of aromatic nitrogens is 1. The third-order valence-electron chi connectivity index (χ3n) is 2.40. The van der Waals surface area contributed by atoms with Crippen molar-refractivity contribution < 1.29 is 18.4 Å². The first-order valence-electron chi connectivity index (χ1n) is 4.74. The molecule has 86 valence electrons. The number of aliphatic hydroxyl groups is 1. The Morgan fingerprint density at radius 2 is 2.25 bits per heavy atom. The summed E-state index contributed by atoms with van der Waals surface area (Å²) < 4.78 is 32.0. The summed E-state index contributed by atoms with van der Waals surface area (Å²) in [5, 5.41) is 12.2. The van der Waals surface area contributed by atoms with Crippen molar-refractivity contribution >= 4 is 11.0 Å². The fourth-order valence-corrected chi connectivity index (χ4v) is 1.58. The number of nitrogens with two attached hydrogens (primary N) is 1. The Kier molecular flexibility index (Phi) is 2.84. The summed E-state index contributed by atoms with van der Waals surface area (Å²) in [5.41, 5.74) is 5.37. The van der Waals surface area contributed by atoms with E-state index in [9.17, 15) is 8.78 Å². The molecular weight excluding hydrogens is 218 g/mol. The van der Waals surface area contributed by atoms with Crippen LogP contribution in [0, 0.1) is 11.6 Å². The standard InChI is InChI=1S/C10H10F2N2O2/c11-6-3-8-5(4-14-16-8)10(12)9(6)7(13)1-2-15/h3-4,7,15H,1-2,13H2. The largest absolute Gasteiger partial charge is 0.396 e. The maximum absolute atomic E-state index is 13.8. The van der Waals surface area contributed by atoms with Gasteiger partial charge in [0.25, 0.3) is 0 Å². The molecule has 0 saturated carbocycles. The number of aliphatic hydroxyl groups excluding tert-OH is 1. The van der Waals surface area contributed by atoms with E-state index < -0.39 is 17.7 Å². The molecule has 0 aliphatic carbocycles. The van der Waals surface area contributed by atoms with Gasteiger partial charge < -0.3 is 15.4 Å². The van der Waals surface area contributed by atoms with Crippen LogP contribution in [0.15, 0.2) is 16.8 Å². The summed E-state index contributed by atoms with van der Waals surface area (Å²) >= 11 is 0. The van der Waals surface area contributed by atoms with Crippen molar-refractivity contribution in [1.82, 2.24) is 5.16 Å². The normalized spacial score (nSPS) is 13.2. The third-order valence-corrected chi connectivity index (χ3v) is 2.40. The molecule has 1 atom stereocenters. The van der Waals surface area contributed by atoms with Crippen LogP contribution in [0.4, 0.5) is 8.78 Å². The predicted molar refractivity (Wildman–Crippen MR) is 52.6 cm³/mol. The number of halogens is 2. The number of hydrogen-bond acceptors (Lipinski definition) is 4. The fourth-order valence-electron chi connectivity index (χ4n) is 1.58. The zero-order chi connectivity index (χ0) is 11.7. The zero-order valence-electron chi connectivity index (χ0n) is 8.28. The van der Waals surface area contributed by atoms with Gasteiger partial charge in [-0.3, -0.25) is 0 Å². The molecule has 2 rings (SSSR count). The molecule has 0 aliphatic rings. The molecule has 1 aromatic heterocycles. The van der Waals surface area contributed by atoms with Crippen LogP contribution in [0.2, 0.25) is 0 Å². The SMILES string of the molecule is NC(CCO)c1c(F)cc2oncc2c1F. The van der Waals surface area contributed by atoms with Gasteiger partial charge >= 0.3 is 0 Å². The van der Waals surface area contributed by atoms with Gasteiger partial charge in [0.05, 0.1) is 11.6 Å². The molecule has 16 heavy (non-hydrogen) atoms. The van der Waals surface area contributed by atoms with Gasteiger partial charge in [-0.2, -0.15) is 0 Å². The van der Waals surface area contributed by atoms with Crippen LogP contribution in [-0.4, -0.2) is 16.9 Å². The highest BCUT2D eigenvalue weighted by Crippen LogP contribution is 2.28. The molecule has 1 aromatic carbocycles. The minimum absolute atomic E-state index is 0.0370. The highest BCUT2D eigenvalue weighted by molar-refractivity contribution is 5.77. The van der Waals surface area contributed by atoms with E-state index in [1.54, 1.807) is 0 Å². The number of rotatable bonds is 3. The molecule has 0 aliphatic heterocycles. The molecule has 6 heteroatoms. The number of benzene rings is 1. The first kappa shape index (κ1) is 11.0. The summed E-state index contributed by atoms with van der Waals surface area (Å²) in [7, 11) is 0. The maximum atomic E-state index is 13.8. The number of fused-ring (bicyclic) bond motifs is 1. The van der Waals surface area contributed by atoms with E-state index in [0.717, 1.165) is 6.07 Å². The molecule has 0 saturated heterocycles. The van der Waals surface area contributed by atoms with Crippen LogP contribution in [0.3, 0.4) is 0 Å². The second-order valence-corrected chi connectivity index (χ2v) is 3.44. The van der Waals surface area contributed by atoms with Gasteiger partial charge in [-0.15, -0.1) is 0 Å². The Morgan fingerprint density at radius 1 is 1.50 bits per heavy atom. The van der Waals surface area contributed by atoms with E-state index in [1.165, 1.54) is 6.20 Å². The van der Waals surface area contributed by atoms with E-state index in [1.807, 2.05) is 0 Å². The Bertz CT molecular complexity index is 513. The average Bonchev–Trinajstić information content (AvgIpc) is 2.66. The zero-order valence-corrected chi connectivity index (χ0v) is 8.28. The van der Waals surface area contributed by atoms with Crippen LogP contribution in [0.1, 0.15) is 18.0 Å². The van der Waals surface area contributed by atoms with Crippen LogP contribution < -0.4 is 5.73 Å². The van der Waals surface area contributed by atoms with E-state index in [-0.39, 0.29) is 29.6 Å². The van der Waals surface area contributed by atoms with Crippen LogP contribution >= 0.6 is 0 Å². The van der Waals surface area contributed by atoms with Crippen LogP contribution in [0.5, 0.6) is 0 Å². The fraction of sp³-hybridized carbons (Fsp3) is 0.300. The van der Waals surface area contributed by atoms with Gasteiger partial charge in [-0.25, -0.2) is 8.78 Å². The van der Waals surface area contributed by atoms with Crippen molar-refractivity contribution in [2.24, 2.45) is 5.73 Å². The van der Waals surface area contributed by atoms with Crippen LogP contribution in [0.25, 0.3) is 11.0 Å². The van der Waals surface area contributed by atoms with Crippen molar-refractivity contribution in [3.8, 4) is 0 Å². The number of nitrogens with zero attached hydrogens (tertiary/aromatic N) is 1.